The van der Waals surface area contributed by atoms with Gasteiger partial charge in [-0.3, -0.25) is 9.69 Å². The molecule has 0 aromatic heterocycles. The van der Waals surface area contributed by atoms with Gasteiger partial charge in [0.05, 0.1) is 12.0 Å². The summed E-state index contributed by atoms with van der Waals surface area (Å²) in [5.41, 5.74) is 0.861. The van der Waals surface area contributed by atoms with Crippen LogP contribution in [0, 0.1) is 0 Å². The number of methoxy groups -OCH3 is 1. The van der Waals surface area contributed by atoms with Crippen molar-refractivity contribution in [2.24, 2.45) is 0 Å². The predicted octanol–water partition coefficient (Wildman–Crippen LogP) is 3.48. The van der Waals surface area contributed by atoms with Crippen LogP contribution in [0.3, 0.4) is 0 Å². The first-order valence-corrected chi connectivity index (χ1v) is 8.00. The lowest BCUT2D eigenvalue weighted by atomic mass is 10.2. The minimum Gasteiger partial charge on any atom is -0.493 e. The van der Waals surface area contributed by atoms with Crippen LogP contribution < -0.4 is 9.47 Å². The molecule has 0 N–H and O–H groups in total. The van der Waals surface area contributed by atoms with Crippen molar-refractivity contribution in [3.8, 4) is 11.5 Å². The lowest BCUT2D eigenvalue weighted by molar-refractivity contribution is -0.121. The van der Waals surface area contributed by atoms with E-state index in [4.69, 9.17) is 21.7 Å². The molecule has 1 aromatic carbocycles. The highest BCUT2D eigenvalue weighted by atomic mass is 32.2. The number of hydrogen-bond donors (Lipinski definition) is 0. The van der Waals surface area contributed by atoms with E-state index in [1.165, 1.54) is 11.8 Å². The summed E-state index contributed by atoms with van der Waals surface area (Å²) in [5, 5.41) is 0. The van der Waals surface area contributed by atoms with E-state index in [1.807, 2.05) is 31.2 Å². The standard InChI is InChI=1S/C16H17NO3S2/c1-4-8-20-12-7-6-11(9-13(12)19-3)10-14-15(18)17(5-2)16(21)22-14/h4,6-7,9-10H,1,5,8H2,2-3H3/b14-10+. The molecule has 6 heteroatoms. The zero-order valence-corrected chi connectivity index (χ0v) is 14.1. The van der Waals surface area contributed by atoms with Crippen LogP contribution in [0.1, 0.15) is 12.5 Å². The molecular weight excluding hydrogens is 318 g/mol. The molecule has 0 atom stereocenters. The lowest BCUT2D eigenvalue weighted by Crippen LogP contribution is -2.27. The summed E-state index contributed by atoms with van der Waals surface area (Å²) in [5.74, 6) is 1.20. The van der Waals surface area contributed by atoms with Gasteiger partial charge in [-0.25, -0.2) is 0 Å². The Morgan fingerprint density at radius 1 is 1.41 bits per heavy atom. The van der Waals surface area contributed by atoms with Crippen molar-refractivity contribution < 1.29 is 14.3 Å². The normalized spacial score (nSPS) is 16.3. The van der Waals surface area contributed by atoms with Crippen molar-refractivity contribution >= 4 is 40.3 Å². The Morgan fingerprint density at radius 2 is 2.18 bits per heavy atom. The number of thiocarbonyl (C=S) groups is 1. The second kappa shape index (κ2) is 7.47. The smallest absolute Gasteiger partial charge is 0.266 e. The van der Waals surface area contributed by atoms with E-state index in [-0.39, 0.29) is 5.91 Å². The van der Waals surface area contributed by atoms with Crippen molar-refractivity contribution in [1.82, 2.24) is 4.90 Å². The number of likely N-dealkylation sites (N-methyl/N-ethyl adjacent to an activating group) is 1. The van der Waals surface area contributed by atoms with Gasteiger partial charge in [0.2, 0.25) is 0 Å². The Hall–Kier alpha value is -1.79. The molecule has 0 spiro atoms. The molecule has 0 aliphatic carbocycles. The zero-order valence-electron chi connectivity index (χ0n) is 12.5. The van der Waals surface area contributed by atoms with Gasteiger partial charge >= 0.3 is 0 Å². The predicted molar refractivity (Wildman–Crippen MR) is 94.2 cm³/mol. The number of rotatable bonds is 6. The lowest BCUT2D eigenvalue weighted by Gasteiger charge is -2.10. The Labute approximate surface area is 139 Å². The average molecular weight is 335 g/mol. The monoisotopic (exact) mass is 335 g/mol. The van der Waals surface area contributed by atoms with E-state index in [9.17, 15) is 4.79 Å². The number of carbonyl (C=O) groups is 1. The minimum atomic E-state index is -0.0524. The summed E-state index contributed by atoms with van der Waals surface area (Å²) in [6.45, 7) is 6.51. The highest BCUT2D eigenvalue weighted by Crippen LogP contribution is 2.34. The summed E-state index contributed by atoms with van der Waals surface area (Å²) in [7, 11) is 1.58. The topological polar surface area (TPSA) is 38.8 Å². The van der Waals surface area contributed by atoms with Gasteiger partial charge in [0.25, 0.3) is 5.91 Å². The zero-order chi connectivity index (χ0) is 16.1. The fourth-order valence-electron chi connectivity index (χ4n) is 1.97. The summed E-state index contributed by atoms with van der Waals surface area (Å²) in [6, 6.07) is 5.52. The largest absolute Gasteiger partial charge is 0.493 e. The van der Waals surface area contributed by atoms with Gasteiger partial charge in [0.15, 0.2) is 11.5 Å². The molecule has 4 nitrogen and oxygen atoms in total. The number of thioether (sulfide) groups is 1. The molecular formula is C16H17NO3S2. The van der Waals surface area contributed by atoms with Gasteiger partial charge in [0.1, 0.15) is 10.9 Å². The third-order valence-electron chi connectivity index (χ3n) is 3.03. The quantitative estimate of drug-likeness (QED) is 0.452. The fraction of sp³-hybridized carbons (Fsp3) is 0.250. The van der Waals surface area contributed by atoms with Crippen LogP contribution in [-0.2, 0) is 4.79 Å². The van der Waals surface area contributed by atoms with E-state index in [1.54, 1.807) is 18.1 Å². The van der Waals surface area contributed by atoms with Gasteiger partial charge in [-0.05, 0) is 30.7 Å². The van der Waals surface area contributed by atoms with Crippen molar-refractivity contribution in [2.75, 3.05) is 20.3 Å². The van der Waals surface area contributed by atoms with E-state index >= 15 is 0 Å². The second-order valence-corrected chi connectivity index (χ2v) is 6.11. The molecule has 0 radical (unpaired) electrons. The third kappa shape index (κ3) is 3.51. The van der Waals surface area contributed by atoms with Crippen LogP contribution >= 0.6 is 24.0 Å². The number of hydrogen-bond acceptors (Lipinski definition) is 5. The Balaban J connectivity index is 2.26. The van der Waals surface area contributed by atoms with Crippen LogP contribution in [0.2, 0.25) is 0 Å². The number of carbonyl (C=O) groups excluding carboxylic acids is 1. The van der Waals surface area contributed by atoms with Crippen LogP contribution in [0.25, 0.3) is 6.08 Å². The van der Waals surface area contributed by atoms with Crippen LogP contribution in [-0.4, -0.2) is 35.4 Å². The maximum atomic E-state index is 12.2. The molecule has 0 saturated carbocycles. The maximum Gasteiger partial charge on any atom is 0.266 e. The van der Waals surface area contributed by atoms with Crippen molar-refractivity contribution in [3.05, 3.63) is 41.3 Å². The highest BCUT2D eigenvalue weighted by Gasteiger charge is 2.30. The molecule has 0 unspecified atom stereocenters. The fourth-order valence-corrected chi connectivity index (χ4v) is 3.35. The number of ether oxygens (including phenoxy) is 2. The van der Waals surface area contributed by atoms with Gasteiger partial charge in [-0.2, -0.15) is 0 Å². The van der Waals surface area contributed by atoms with Gasteiger partial charge in [-0.15, -0.1) is 0 Å². The van der Waals surface area contributed by atoms with E-state index in [0.717, 1.165) is 5.56 Å². The third-order valence-corrected chi connectivity index (χ3v) is 4.41. The number of benzene rings is 1. The molecule has 0 bridgehead atoms. The van der Waals surface area contributed by atoms with Crippen LogP contribution in [0.5, 0.6) is 11.5 Å². The average Bonchev–Trinajstić information content (AvgIpc) is 2.79. The first kappa shape index (κ1) is 16.6. The maximum absolute atomic E-state index is 12.2. The molecule has 1 heterocycles. The molecule has 1 aliphatic rings. The van der Waals surface area contributed by atoms with Crippen molar-refractivity contribution in [1.29, 1.82) is 0 Å². The first-order chi connectivity index (χ1) is 10.6. The molecule has 1 saturated heterocycles. The second-order valence-electron chi connectivity index (χ2n) is 4.44. The molecule has 1 amide bonds. The molecule has 22 heavy (non-hydrogen) atoms. The van der Waals surface area contributed by atoms with Gasteiger partial charge in [-0.1, -0.05) is 42.7 Å². The Morgan fingerprint density at radius 3 is 2.77 bits per heavy atom. The Kier molecular flexibility index (Phi) is 5.63. The number of amides is 1. The van der Waals surface area contributed by atoms with E-state index in [2.05, 4.69) is 6.58 Å². The number of nitrogens with zero attached hydrogens (tertiary/aromatic N) is 1. The summed E-state index contributed by atoms with van der Waals surface area (Å²) in [4.78, 5) is 14.4. The Bertz CT molecular complexity index is 640. The molecule has 116 valence electrons. The van der Waals surface area contributed by atoms with E-state index < -0.39 is 0 Å². The van der Waals surface area contributed by atoms with Gasteiger partial charge in [0, 0.05) is 6.54 Å². The van der Waals surface area contributed by atoms with Crippen molar-refractivity contribution in [3.63, 3.8) is 0 Å². The summed E-state index contributed by atoms with van der Waals surface area (Å²) in [6.07, 6.45) is 3.48. The first-order valence-electron chi connectivity index (χ1n) is 6.77. The summed E-state index contributed by atoms with van der Waals surface area (Å²) < 4.78 is 11.4. The van der Waals surface area contributed by atoms with Gasteiger partial charge < -0.3 is 9.47 Å². The molecule has 1 fully saturated rings. The van der Waals surface area contributed by atoms with Crippen LogP contribution in [0.15, 0.2) is 35.8 Å². The molecule has 2 rings (SSSR count). The molecule has 1 aliphatic heterocycles. The minimum absolute atomic E-state index is 0.0524. The van der Waals surface area contributed by atoms with Crippen LogP contribution in [0.4, 0.5) is 0 Å². The molecule has 1 aromatic rings. The summed E-state index contributed by atoms with van der Waals surface area (Å²) >= 11 is 6.52. The SMILES string of the molecule is C=CCOc1ccc(/C=C2/SC(=S)N(CC)C2=O)cc1OC. The highest BCUT2D eigenvalue weighted by molar-refractivity contribution is 8.26. The van der Waals surface area contributed by atoms with Crippen molar-refractivity contribution in [2.45, 2.75) is 6.92 Å². The van der Waals surface area contributed by atoms with E-state index in [0.29, 0.717) is 33.9 Å².